The van der Waals surface area contributed by atoms with Gasteiger partial charge in [-0.15, -0.1) is 0 Å². The van der Waals surface area contributed by atoms with Crippen LogP contribution >= 0.6 is 0 Å². The molecule has 0 unspecified atom stereocenters. The zero-order chi connectivity index (χ0) is 19.0. The molecule has 0 bridgehead atoms. The molecule has 0 radical (unpaired) electrons. The first-order chi connectivity index (χ1) is 12.9. The van der Waals surface area contributed by atoms with Crippen LogP contribution in [0.25, 0.3) is 11.0 Å². The van der Waals surface area contributed by atoms with E-state index in [1.807, 2.05) is 0 Å². The Hall–Kier alpha value is -2.81. The van der Waals surface area contributed by atoms with Crippen LogP contribution < -0.4 is 16.0 Å². The minimum atomic E-state index is -4.52. The van der Waals surface area contributed by atoms with Gasteiger partial charge in [0, 0.05) is 37.7 Å². The Morgan fingerprint density at radius 1 is 1.26 bits per heavy atom. The minimum Gasteiger partial charge on any atom is -0.369 e. The fraction of sp³-hybridized carbons (Fsp3) is 0.333. The number of pyridine rings is 2. The number of aromatic amines is 1. The Bertz CT molecular complexity index is 937. The predicted molar refractivity (Wildman–Crippen MR) is 98.0 cm³/mol. The number of nitrogens with two attached hydrogens (primary N) is 1. The topological polar surface area (TPSA) is 82.9 Å². The highest BCUT2D eigenvalue weighted by Crippen LogP contribution is 2.43. The molecule has 0 spiro atoms. The van der Waals surface area contributed by atoms with Crippen LogP contribution in [0.4, 0.5) is 30.4 Å². The molecule has 1 aliphatic rings. The fourth-order valence-corrected chi connectivity index (χ4v) is 3.50. The summed E-state index contributed by atoms with van der Waals surface area (Å²) in [5.41, 5.74) is 6.27. The lowest BCUT2D eigenvalue weighted by Crippen LogP contribution is -2.43. The highest BCUT2D eigenvalue weighted by Gasteiger charge is 2.38. The second-order valence-electron chi connectivity index (χ2n) is 6.63. The second-order valence-corrected chi connectivity index (χ2v) is 6.63. The van der Waals surface area contributed by atoms with Crippen molar-refractivity contribution in [1.29, 1.82) is 0 Å². The lowest BCUT2D eigenvalue weighted by atomic mass is 10.0. The number of fused-ring (bicyclic) bond motifs is 1. The van der Waals surface area contributed by atoms with Crippen molar-refractivity contribution < 1.29 is 13.2 Å². The third kappa shape index (κ3) is 3.42. The average Bonchev–Trinajstić information content (AvgIpc) is 3.04. The molecule has 3 aromatic rings. The van der Waals surface area contributed by atoms with Crippen LogP contribution in [0.1, 0.15) is 18.4 Å². The minimum absolute atomic E-state index is 0.113. The first kappa shape index (κ1) is 17.6. The number of H-pyrrole nitrogens is 1. The fourth-order valence-electron chi connectivity index (χ4n) is 3.50. The quantitative estimate of drug-likeness (QED) is 0.650. The Kier molecular flexibility index (Phi) is 4.39. The van der Waals surface area contributed by atoms with E-state index in [9.17, 15) is 13.2 Å². The molecule has 142 valence electrons. The van der Waals surface area contributed by atoms with Crippen molar-refractivity contribution in [1.82, 2.24) is 15.0 Å². The lowest BCUT2D eigenvalue weighted by Gasteiger charge is -2.34. The smallest absolute Gasteiger partial charge is 0.369 e. The summed E-state index contributed by atoms with van der Waals surface area (Å²) in [6, 6.07) is 5.16. The van der Waals surface area contributed by atoms with Crippen molar-refractivity contribution in [2.75, 3.05) is 23.3 Å². The van der Waals surface area contributed by atoms with E-state index < -0.39 is 11.7 Å². The Morgan fingerprint density at radius 2 is 2.11 bits per heavy atom. The van der Waals surface area contributed by atoms with Crippen LogP contribution in [-0.4, -0.2) is 34.1 Å². The van der Waals surface area contributed by atoms with Crippen LogP contribution in [0.15, 0.2) is 36.8 Å². The predicted octanol–water partition coefficient (Wildman–Crippen LogP) is 3.65. The van der Waals surface area contributed by atoms with E-state index in [1.165, 1.54) is 0 Å². The van der Waals surface area contributed by atoms with Gasteiger partial charge < -0.3 is 20.9 Å². The normalized spacial score (nSPS) is 18.1. The van der Waals surface area contributed by atoms with Crippen LogP contribution in [0.2, 0.25) is 0 Å². The molecule has 0 aromatic carbocycles. The molecule has 9 heteroatoms. The molecule has 1 aliphatic heterocycles. The maximum absolute atomic E-state index is 13.8. The van der Waals surface area contributed by atoms with Crippen molar-refractivity contribution in [2.45, 2.75) is 25.1 Å². The summed E-state index contributed by atoms with van der Waals surface area (Å²) in [5.74, 6) is 0.539. The third-order valence-corrected chi connectivity index (χ3v) is 4.68. The number of anilines is 3. The number of piperidine rings is 1. The van der Waals surface area contributed by atoms with E-state index in [0.717, 1.165) is 19.0 Å². The molecule has 1 atom stereocenters. The zero-order valence-electron chi connectivity index (χ0n) is 14.4. The number of alkyl halides is 3. The Labute approximate surface area is 153 Å². The summed E-state index contributed by atoms with van der Waals surface area (Å²) in [6.45, 7) is 0.889. The molecule has 4 N–H and O–H groups in total. The molecular formula is C18H19F3N6. The van der Waals surface area contributed by atoms with Gasteiger partial charge in [-0.25, -0.2) is 9.97 Å². The molecule has 0 amide bonds. The SMILES string of the molecule is N[C@@H]1CCCN(c2c(C(F)(F)F)cnc3[nH]cc(Nc4ccccn4)c23)C1. The molecule has 1 saturated heterocycles. The second kappa shape index (κ2) is 6.73. The number of aromatic nitrogens is 3. The van der Waals surface area contributed by atoms with E-state index in [2.05, 4.69) is 20.3 Å². The first-order valence-electron chi connectivity index (χ1n) is 8.69. The summed E-state index contributed by atoms with van der Waals surface area (Å²) < 4.78 is 41.3. The molecular weight excluding hydrogens is 357 g/mol. The molecule has 4 heterocycles. The molecule has 1 fully saturated rings. The van der Waals surface area contributed by atoms with Crippen molar-refractivity contribution >= 4 is 28.2 Å². The number of hydrogen-bond donors (Lipinski definition) is 3. The monoisotopic (exact) mass is 376 g/mol. The maximum atomic E-state index is 13.8. The summed E-state index contributed by atoms with van der Waals surface area (Å²) in [7, 11) is 0. The van der Waals surface area contributed by atoms with E-state index in [-0.39, 0.29) is 11.7 Å². The lowest BCUT2D eigenvalue weighted by molar-refractivity contribution is -0.137. The first-order valence-corrected chi connectivity index (χ1v) is 8.69. The molecule has 0 aliphatic carbocycles. The van der Waals surface area contributed by atoms with Crippen LogP contribution in [0.3, 0.4) is 0 Å². The van der Waals surface area contributed by atoms with Gasteiger partial charge in [-0.05, 0) is 25.0 Å². The van der Waals surface area contributed by atoms with Gasteiger partial charge in [0.1, 0.15) is 11.5 Å². The number of nitrogens with one attached hydrogen (secondary N) is 2. The molecule has 6 nitrogen and oxygen atoms in total. The summed E-state index contributed by atoms with van der Waals surface area (Å²) in [6.07, 6.45) is 1.14. The third-order valence-electron chi connectivity index (χ3n) is 4.68. The van der Waals surface area contributed by atoms with Crippen molar-refractivity contribution in [2.24, 2.45) is 5.73 Å². The number of halogens is 3. The Balaban J connectivity index is 1.88. The molecule has 0 saturated carbocycles. The summed E-state index contributed by atoms with van der Waals surface area (Å²) in [4.78, 5) is 12.8. The van der Waals surface area contributed by atoms with E-state index >= 15 is 0 Å². The average molecular weight is 376 g/mol. The van der Waals surface area contributed by atoms with E-state index in [0.29, 0.717) is 35.6 Å². The largest absolute Gasteiger partial charge is 0.419 e. The van der Waals surface area contributed by atoms with Gasteiger partial charge in [-0.2, -0.15) is 13.2 Å². The van der Waals surface area contributed by atoms with Gasteiger partial charge in [0.05, 0.1) is 22.3 Å². The van der Waals surface area contributed by atoms with E-state index in [4.69, 9.17) is 5.73 Å². The van der Waals surface area contributed by atoms with Crippen LogP contribution in [0.5, 0.6) is 0 Å². The van der Waals surface area contributed by atoms with Crippen LogP contribution in [-0.2, 0) is 6.18 Å². The number of rotatable bonds is 3. The van der Waals surface area contributed by atoms with Gasteiger partial charge in [0.15, 0.2) is 0 Å². The van der Waals surface area contributed by atoms with Crippen molar-refractivity contribution in [3.8, 4) is 0 Å². The zero-order valence-corrected chi connectivity index (χ0v) is 14.4. The van der Waals surface area contributed by atoms with Gasteiger partial charge in [0.25, 0.3) is 0 Å². The Morgan fingerprint density at radius 3 is 2.81 bits per heavy atom. The summed E-state index contributed by atoms with van der Waals surface area (Å²) >= 11 is 0. The highest BCUT2D eigenvalue weighted by molar-refractivity contribution is 6.03. The van der Waals surface area contributed by atoms with Gasteiger partial charge in [-0.1, -0.05) is 6.07 Å². The van der Waals surface area contributed by atoms with E-state index in [1.54, 1.807) is 35.5 Å². The molecule has 27 heavy (non-hydrogen) atoms. The molecule has 4 rings (SSSR count). The molecule has 3 aromatic heterocycles. The van der Waals surface area contributed by atoms with Gasteiger partial charge in [-0.3, -0.25) is 0 Å². The standard InChI is InChI=1S/C18H19F3N6/c19-18(20,21)12-8-24-17-15(16(12)27-7-3-4-11(22)10-27)13(9-25-17)26-14-5-1-2-6-23-14/h1-2,5-6,8-9,11H,3-4,7,10,22H2,(H,23,26)(H,24,25)/t11-/m1/s1. The number of nitrogens with zero attached hydrogens (tertiary/aromatic N) is 3. The van der Waals surface area contributed by atoms with Gasteiger partial charge in [0.2, 0.25) is 0 Å². The maximum Gasteiger partial charge on any atom is 0.419 e. The van der Waals surface area contributed by atoms with Crippen molar-refractivity contribution in [3.63, 3.8) is 0 Å². The number of hydrogen-bond acceptors (Lipinski definition) is 5. The van der Waals surface area contributed by atoms with Gasteiger partial charge >= 0.3 is 6.18 Å². The highest BCUT2D eigenvalue weighted by atomic mass is 19.4. The van der Waals surface area contributed by atoms with Crippen LogP contribution in [0, 0.1) is 0 Å². The van der Waals surface area contributed by atoms with Crippen molar-refractivity contribution in [3.05, 3.63) is 42.4 Å². The summed E-state index contributed by atoms with van der Waals surface area (Å²) in [5, 5.41) is 3.48.